The summed E-state index contributed by atoms with van der Waals surface area (Å²) in [6.45, 7) is 2.10. The number of carboxylic acid groups (broad SMARTS) is 1. The highest BCUT2D eigenvalue weighted by molar-refractivity contribution is 5.96. The minimum Gasteiger partial charge on any atom is -0.480 e. The number of nitrogens with zero attached hydrogens (tertiary/aromatic N) is 1. The van der Waals surface area contributed by atoms with E-state index in [0.717, 1.165) is 25.7 Å². The van der Waals surface area contributed by atoms with Gasteiger partial charge in [0.2, 0.25) is 0 Å². The first-order valence-corrected chi connectivity index (χ1v) is 6.58. The summed E-state index contributed by atoms with van der Waals surface area (Å²) in [6.07, 6.45) is 7.42. The second-order valence-electron chi connectivity index (χ2n) is 4.46. The van der Waals surface area contributed by atoms with Crippen LogP contribution in [-0.2, 0) is 4.79 Å². The molecule has 0 aliphatic carbocycles. The van der Waals surface area contributed by atoms with Crippen LogP contribution in [0.25, 0.3) is 0 Å². The molecule has 1 atom stereocenters. The summed E-state index contributed by atoms with van der Waals surface area (Å²) in [6, 6.07) is 2.43. The minimum absolute atomic E-state index is 0.377. The van der Waals surface area contributed by atoms with E-state index in [1.54, 1.807) is 18.3 Å². The van der Waals surface area contributed by atoms with Crippen molar-refractivity contribution in [3.63, 3.8) is 0 Å². The van der Waals surface area contributed by atoms with E-state index in [9.17, 15) is 9.59 Å². The summed E-state index contributed by atoms with van der Waals surface area (Å²) in [5, 5.41) is 11.6. The van der Waals surface area contributed by atoms with Crippen molar-refractivity contribution in [3.8, 4) is 0 Å². The van der Waals surface area contributed by atoms with Gasteiger partial charge in [0, 0.05) is 12.4 Å². The third-order valence-corrected chi connectivity index (χ3v) is 2.87. The van der Waals surface area contributed by atoms with Crippen molar-refractivity contribution in [1.29, 1.82) is 0 Å². The summed E-state index contributed by atoms with van der Waals surface area (Å²) >= 11 is 0. The van der Waals surface area contributed by atoms with Crippen molar-refractivity contribution in [2.75, 3.05) is 0 Å². The molecule has 1 aromatic rings. The molecule has 0 fully saturated rings. The zero-order valence-electron chi connectivity index (χ0n) is 11.1. The van der Waals surface area contributed by atoms with Gasteiger partial charge >= 0.3 is 5.97 Å². The Labute approximate surface area is 113 Å². The normalized spacial score (nSPS) is 11.8. The van der Waals surface area contributed by atoms with Crippen molar-refractivity contribution >= 4 is 11.9 Å². The lowest BCUT2D eigenvalue weighted by Gasteiger charge is -2.14. The number of carbonyl (C=O) groups excluding carboxylic acids is 1. The number of rotatable bonds is 8. The molecule has 0 aliphatic rings. The van der Waals surface area contributed by atoms with Gasteiger partial charge in [0.15, 0.2) is 0 Å². The van der Waals surface area contributed by atoms with E-state index in [1.165, 1.54) is 6.20 Å². The van der Waals surface area contributed by atoms with Crippen LogP contribution < -0.4 is 5.32 Å². The van der Waals surface area contributed by atoms with E-state index in [4.69, 9.17) is 5.11 Å². The third kappa shape index (κ3) is 5.50. The number of nitrogens with one attached hydrogen (secondary N) is 1. The number of carboxylic acids is 1. The summed E-state index contributed by atoms with van der Waals surface area (Å²) in [5.74, 6) is -1.38. The van der Waals surface area contributed by atoms with Crippen molar-refractivity contribution in [2.24, 2.45) is 0 Å². The smallest absolute Gasteiger partial charge is 0.326 e. The third-order valence-electron chi connectivity index (χ3n) is 2.87. The van der Waals surface area contributed by atoms with Crippen LogP contribution in [0.4, 0.5) is 0 Å². The molecule has 2 N–H and O–H groups in total. The van der Waals surface area contributed by atoms with Gasteiger partial charge in [0.05, 0.1) is 5.56 Å². The molecule has 0 spiro atoms. The Bertz CT molecular complexity index is 406. The lowest BCUT2D eigenvalue weighted by atomic mass is 10.1. The lowest BCUT2D eigenvalue weighted by molar-refractivity contribution is -0.139. The van der Waals surface area contributed by atoms with Gasteiger partial charge in [-0.25, -0.2) is 4.79 Å². The number of hydrogen-bond donors (Lipinski definition) is 2. The van der Waals surface area contributed by atoms with Gasteiger partial charge in [-0.05, 0) is 18.6 Å². The Balaban J connectivity index is 2.49. The van der Waals surface area contributed by atoms with Gasteiger partial charge in [-0.3, -0.25) is 9.78 Å². The van der Waals surface area contributed by atoms with Crippen LogP contribution in [0.1, 0.15) is 49.4 Å². The highest BCUT2D eigenvalue weighted by atomic mass is 16.4. The highest BCUT2D eigenvalue weighted by Gasteiger charge is 2.19. The van der Waals surface area contributed by atoms with Crippen molar-refractivity contribution in [3.05, 3.63) is 30.1 Å². The first-order chi connectivity index (χ1) is 9.15. The number of aromatic nitrogens is 1. The van der Waals surface area contributed by atoms with E-state index >= 15 is 0 Å². The van der Waals surface area contributed by atoms with E-state index in [1.807, 2.05) is 0 Å². The zero-order valence-corrected chi connectivity index (χ0v) is 11.1. The van der Waals surface area contributed by atoms with E-state index in [2.05, 4.69) is 17.2 Å². The second kappa shape index (κ2) is 8.24. The average molecular weight is 264 g/mol. The molecule has 0 aliphatic heterocycles. The fraction of sp³-hybridized carbons (Fsp3) is 0.500. The summed E-state index contributed by atoms with van der Waals surface area (Å²) in [5.41, 5.74) is 0.377. The summed E-state index contributed by atoms with van der Waals surface area (Å²) in [7, 11) is 0. The topological polar surface area (TPSA) is 79.3 Å². The van der Waals surface area contributed by atoms with E-state index in [-0.39, 0.29) is 0 Å². The van der Waals surface area contributed by atoms with Crippen LogP contribution in [0.2, 0.25) is 0 Å². The van der Waals surface area contributed by atoms with Gasteiger partial charge in [0.25, 0.3) is 5.91 Å². The number of aliphatic carboxylic acids is 1. The molecule has 0 saturated carbocycles. The van der Waals surface area contributed by atoms with Crippen LogP contribution >= 0.6 is 0 Å². The number of amides is 1. The molecule has 1 rings (SSSR count). The van der Waals surface area contributed by atoms with Gasteiger partial charge in [-0.1, -0.05) is 32.6 Å². The molecule has 104 valence electrons. The lowest BCUT2D eigenvalue weighted by Crippen LogP contribution is -2.40. The largest absolute Gasteiger partial charge is 0.480 e. The number of unbranched alkanes of at least 4 members (excludes halogenated alkanes) is 3. The Morgan fingerprint density at radius 1 is 1.37 bits per heavy atom. The number of hydrogen-bond acceptors (Lipinski definition) is 3. The maximum atomic E-state index is 11.8. The van der Waals surface area contributed by atoms with Crippen molar-refractivity contribution < 1.29 is 14.7 Å². The second-order valence-corrected chi connectivity index (χ2v) is 4.46. The standard InChI is InChI=1S/C14H20N2O3/c1-2-3-4-5-8-12(14(18)19)16-13(17)11-7-6-9-15-10-11/h6-7,9-10,12H,2-5,8H2,1H3,(H,16,17)(H,18,19)/t12-/m0/s1. The highest BCUT2D eigenvalue weighted by Crippen LogP contribution is 2.07. The molecular formula is C14H20N2O3. The molecule has 0 radical (unpaired) electrons. The van der Waals surface area contributed by atoms with Gasteiger partial charge in [-0.15, -0.1) is 0 Å². The predicted molar refractivity (Wildman–Crippen MR) is 71.9 cm³/mol. The Morgan fingerprint density at radius 3 is 2.74 bits per heavy atom. The molecule has 0 saturated heterocycles. The summed E-state index contributed by atoms with van der Waals surface area (Å²) < 4.78 is 0. The molecule has 0 bridgehead atoms. The zero-order chi connectivity index (χ0) is 14.1. The van der Waals surface area contributed by atoms with Crippen LogP contribution in [0.5, 0.6) is 0 Å². The van der Waals surface area contributed by atoms with Crippen LogP contribution in [0.15, 0.2) is 24.5 Å². The molecule has 1 heterocycles. The first-order valence-electron chi connectivity index (χ1n) is 6.58. The van der Waals surface area contributed by atoms with Gasteiger partial charge < -0.3 is 10.4 Å². The van der Waals surface area contributed by atoms with Gasteiger partial charge in [0.1, 0.15) is 6.04 Å². The first kappa shape index (κ1) is 15.1. The van der Waals surface area contributed by atoms with Gasteiger partial charge in [-0.2, -0.15) is 0 Å². The van der Waals surface area contributed by atoms with E-state index in [0.29, 0.717) is 12.0 Å². The Morgan fingerprint density at radius 2 is 2.16 bits per heavy atom. The monoisotopic (exact) mass is 264 g/mol. The number of pyridine rings is 1. The summed E-state index contributed by atoms with van der Waals surface area (Å²) in [4.78, 5) is 26.8. The van der Waals surface area contributed by atoms with Crippen LogP contribution in [0, 0.1) is 0 Å². The minimum atomic E-state index is -0.992. The van der Waals surface area contributed by atoms with Crippen molar-refractivity contribution in [2.45, 2.75) is 45.1 Å². The Kier molecular flexibility index (Phi) is 6.57. The molecule has 19 heavy (non-hydrogen) atoms. The maximum Gasteiger partial charge on any atom is 0.326 e. The predicted octanol–water partition coefficient (Wildman–Crippen LogP) is 2.23. The molecular weight excluding hydrogens is 244 g/mol. The molecule has 1 amide bonds. The van der Waals surface area contributed by atoms with Crippen LogP contribution in [-0.4, -0.2) is 28.0 Å². The Hall–Kier alpha value is -1.91. The molecule has 0 unspecified atom stereocenters. The van der Waals surface area contributed by atoms with Crippen LogP contribution in [0.3, 0.4) is 0 Å². The average Bonchev–Trinajstić information content (AvgIpc) is 2.42. The molecule has 5 heteroatoms. The molecule has 0 aromatic carbocycles. The fourth-order valence-corrected chi connectivity index (χ4v) is 1.77. The fourth-order valence-electron chi connectivity index (χ4n) is 1.77. The van der Waals surface area contributed by atoms with E-state index < -0.39 is 17.9 Å². The SMILES string of the molecule is CCCCCC[C@H](NC(=O)c1cccnc1)C(=O)O. The quantitative estimate of drug-likeness (QED) is 0.706. The van der Waals surface area contributed by atoms with Crippen molar-refractivity contribution in [1.82, 2.24) is 10.3 Å². The number of carbonyl (C=O) groups is 2. The maximum absolute atomic E-state index is 11.8. The molecule has 1 aromatic heterocycles. The molecule has 5 nitrogen and oxygen atoms in total.